The van der Waals surface area contributed by atoms with E-state index in [2.05, 4.69) is 0 Å². The van der Waals surface area contributed by atoms with Crippen molar-refractivity contribution in [1.29, 1.82) is 0 Å². The average Bonchev–Trinajstić information content (AvgIpc) is 2.50. The van der Waals surface area contributed by atoms with Crippen molar-refractivity contribution >= 4 is 29.2 Å². The third kappa shape index (κ3) is 2.52. The second-order valence-corrected chi connectivity index (χ2v) is 3.44. The number of carbonyl (C=O) groups is 2. The molecule has 3 nitrogen and oxygen atoms in total. The van der Waals surface area contributed by atoms with E-state index < -0.39 is 5.97 Å². The number of aldehydes is 1. The van der Waals surface area contributed by atoms with E-state index >= 15 is 0 Å². The van der Waals surface area contributed by atoms with Crippen LogP contribution in [0.3, 0.4) is 0 Å². The molecule has 0 atom stereocenters. The van der Waals surface area contributed by atoms with Gasteiger partial charge in [0.15, 0.2) is 6.29 Å². The highest BCUT2D eigenvalue weighted by atomic mass is 32.1. The first-order chi connectivity index (χ1) is 6.13. The number of rotatable bonds is 3. The van der Waals surface area contributed by atoms with Crippen LogP contribution >= 0.6 is 11.3 Å². The Hall–Kier alpha value is -1.42. The predicted octanol–water partition coefficient (Wildman–Crippen LogP) is 2.05. The highest BCUT2D eigenvalue weighted by Crippen LogP contribution is 2.21. The number of allylic oxidation sites excluding steroid dienone is 1. The van der Waals surface area contributed by atoms with Gasteiger partial charge in [0.05, 0.1) is 0 Å². The smallest absolute Gasteiger partial charge is 0.328 e. The van der Waals surface area contributed by atoms with Gasteiger partial charge in [0.25, 0.3) is 0 Å². The summed E-state index contributed by atoms with van der Waals surface area (Å²) in [5.74, 6) is -0.974. The van der Waals surface area contributed by atoms with Gasteiger partial charge in [-0.2, -0.15) is 0 Å². The van der Waals surface area contributed by atoms with Crippen LogP contribution in [0.5, 0.6) is 0 Å². The van der Waals surface area contributed by atoms with E-state index in [0.29, 0.717) is 11.1 Å². The fraction of sp³-hybridized carbons (Fsp3) is 0.111. The van der Waals surface area contributed by atoms with Crippen molar-refractivity contribution in [1.82, 2.24) is 0 Å². The molecule has 1 rings (SSSR count). The number of hydrogen-bond donors (Lipinski definition) is 1. The van der Waals surface area contributed by atoms with E-state index in [9.17, 15) is 9.59 Å². The van der Waals surface area contributed by atoms with Crippen molar-refractivity contribution < 1.29 is 14.7 Å². The van der Waals surface area contributed by atoms with E-state index in [1.807, 2.05) is 0 Å². The predicted molar refractivity (Wildman–Crippen MR) is 51.0 cm³/mol. The van der Waals surface area contributed by atoms with Crippen LogP contribution < -0.4 is 0 Å². The standard InChI is InChI=1S/C9H8O3S/c1-6(2-9(11)12)8-3-7(4-10)5-13-8/h2-5H,1H3,(H,11,12)/b6-2+. The van der Waals surface area contributed by atoms with Crippen molar-refractivity contribution in [3.8, 4) is 0 Å². The summed E-state index contributed by atoms with van der Waals surface area (Å²) >= 11 is 1.36. The zero-order valence-electron chi connectivity index (χ0n) is 6.98. The molecule has 0 amide bonds. The zero-order valence-corrected chi connectivity index (χ0v) is 7.80. The van der Waals surface area contributed by atoms with Gasteiger partial charge >= 0.3 is 5.97 Å². The van der Waals surface area contributed by atoms with Crippen LogP contribution in [-0.2, 0) is 4.79 Å². The van der Waals surface area contributed by atoms with Crippen LogP contribution in [0.15, 0.2) is 17.5 Å². The molecule has 4 heteroatoms. The molecule has 68 valence electrons. The molecule has 0 radical (unpaired) electrons. The Balaban J connectivity index is 2.95. The molecule has 0 aromatic carbocycles. The lowest BCUT2D eigenvalue weighted by Gasteiger charge is -1.92. The first-order valence-electron chi connectivity index (χ1n) is 3.59. The van der Waals surface area contributed by atoms with Gasteiger partial charge in [0, 0.05) is 21.9 Å². The first-order valence-corrected chi connectivity index (χ1v) is 4.46. The Morgan fingerprint density at radius 3 is 2.77 bits per heavy atom. The molecule has 1 heterocycles. The lowest BCUT2D eigenvalue weighted by Crippen LogP contribution is -1.88. The van der Waals surface area contributed by atoms with Crippen LogP contribution in [-0.4, -0.2) is 17.4 Å². The summed E-state index contributed by atoms with van der Waals surface area (Å²) in [6, 6.07) is 1.67. The molecule has 0 saturated heterocycles. The molecule has 0 aliphatic rings. The number of carboxylic acid groups (broad SMARTS) is 1. The number of carboxylic acids is 1. The number of thiophene rings is 1. The number of hydrogen-bond acceptors (Lipinski definition) is 3. The molecule has 0 fully saturated rings. The van der Waals surface area contributed by atoms with Crippen LogP contribution in [0.1, 0.15) is 22.2 Å². The molecular weight excluding hydrogens is 188 g/mol. The highest BCUT2D eigenvalue weighted by molar-refractivity contribution is 7.11. The zero-order chi connectivity index (χ0) is 9.84. The van der Waals surface area contributed by atoms with Gasteiger partial charge in [-0.15, -0.1) is 11.3 Å². The average molecular weight is 196 g/mol. The maximum absolute atomic E-state index is 10.3. The normalized spacial score (nSPS) is 11.3. The van der Waals surface area contributed by atoms with Crippen molar-refractivity contribution in [3.05, 3.63) is 28.0 Å². The van der Waals surface area contributed by atoms with E-state index in [0.717, 1.165) is 17.2 Å². The van der Waals surface area contributed by atoms with Crippen LogP contribution in [0, 0.1) is 0 Å². The Labute approximate surface area is 79.3 Å². The minimum absolute atomic E-state index is 0.582. The summed E-state index contributed by atoms with van der Waals surface area (Å²) in [6.07, 6.45) is 1.87. The molecule has 0 aliphatic carbocycles. The fourth-order valence-electron chi connectivity index (χ4n) is 0.876. The fourth-order valence-corrected chi connectivity index (χ4v) is 1.71. The van der Waals surface area contributed by atoms with Gasteiger partial charge in [0.1, 0.15) is 0 Å². The summed E-state index contributed by atoms with van der Waals surface area (Å²) < 4.78 is 0. The Kier molecular flexibility index (Phi) is 2.97. The summed E-state index contributed by atoms with van der Waals surface area (Å²) in [4.78, 5) is 21.5. The first kappa shape index (κ1) is 9.67. The Morgan fingerprint density at radius 2 is 2.31 bits per heavy atom. The number of aliphatic carboxylic acids is 1. The molecule has 0 unspecified atom stereocenters. The SMILES string of the molecule is C/C(=C\C(=O)O)c1cc(C=O)cs1. The Bertz CT molecular complexity index is 363. The van der Waals surface area contributed by atoms with E-state index in [-0.39, 0.29) is 0 Å². The number of carbonyl (C=O) groups excluding carboxylic acids is 1. The Morgan fingerprint density at radius 1 is 1.62 bits per heavy atom. The largest absolute Gasteiger partial charge is 0.478 e. The lowest BCUT2D eigenvalue weighted by molar-refractivity contribution is -0.131. The molecule has 1 N–H and O–H groups in total. The second kappa shape index (κ2) is 4.00. The van der Waals surface area contributed by atoms with Gasteiger partial charge in [-0.3, -0.25) is 4.79 Å². The third-order valence-electron chi connectivity index (χ3n) is 1.48. The molecule has 0 bridgehead atoms. The summed E-state index contributed by atoms with van der Waals surface area (Å²) in [6.45, 7) is 1.70. The van der Waals surface area contributed by atoms with Gasteiger partial charge in [-0.1, -0.05) is 0 Å². The van der Waals surface area contributed by atoms with Gasteiger partial charge in [0.2, 0.25) is 0 Å². The third-order valence-corrected chi connectivity index (χ3v) is 2.57. The van der Waals surface area contributed by atoms with E-state index in [1.165, 1.54) is 11.3 Å². The minimum Gasteiger partial charge on any atom is -0.478 e. The maximum atomic E-state index is 10.3. The van der Waals surface area contributed by atoms with Crippen LogP contribution in [0.4, 0.5) is 0 Å². The summed E-state index contributed by atoms with van der Waals surface area (Å²) in [5, 5.41) is 10.2. The van der Waals surface area contributed by atoms with Gasteiger partial charge < -0.3 is 5.11 Å². The van der Waals surface area contributed by atoms with Crippen molar-refractivity contribution in [2.75, 3.05) is 0 Å². The maximum Gasteiger partial charge on any atom is 0.328 e. The van der Waals surface area contributed by atoms with Gasteiger partial charge in [-0.05, 0) is 18.6 Å². The van der Waals surface area contributed by atoms with Gasteiger partial charge in [-0.25, -0.2) is 4.79 Å². The monoisotopic (exact) mass is 196 g/mol. The quantitative estimate of drug-likeness (QED) is 0.594. The van der Waals surface area contributed by atoms with E-state index in [1.54, 1.807) is 18.4 Å². The molecule has 0 aliphatic heterocycles. The summed E-state index contributed by atoms with van der Waals surface area (Å²) in [5.41, 5.74) is 1.24. The minimum atomic E-state index is -0.974. The molecule has 1 aromatic rings. The molecular formula is C9H8O3S. The van der Waals surface area contributed by atoms with Crippen LogP contribution in [0.2, 0.25) is 0 Å². The topological polar surface area (TPSA) is 54.4 Å². The molecule has 0 spiro atoms. The summed E-state index contributed by atoms with van der Waals surface area (Å²) in [7, 11) is 0. The van der Waals surface area contributed by atoms with Crippen molar-refractivity contribution in [2.24, 2.45) is 0 Å². The molecule has 1 aromatic heterocycles. The van der Waals surface area contributed by atoms with Crippen molar-refractivity contribution in [2.45, 2.75) is 6.92 Å². The lowest BCUT2D eigenvalue weighted by atomic mass is 10.2. The highest BCUT2D eigenvalue weighted by Gasteiger charge is 2.02. The second-order valence-electron chi connectivity index (χ2n) is 2.53. The van der Waals surface area contributed by atoms with E-state index in [4.69, 9.17) is 5.11 Å². The molecule has 0 saturated carbocycles. The van der Waals surface area contributed by atoms with Crippen LogP contribution in [0.25, 0.3) is 5.57 Å². The van der Waals surface area contributed by atoms with Crippen molar-refractivity contribution in [3.63, 3.8) is 0 Å². The molecule has 13 heavy (non-hydrogen) atoms.